The van der Waals surface area contributed by atoms with Crippen LogP contribution in [0.5, 0.6) is 0 Å². The summed E-state index contributed by atoms with van der Waals surface area (Å²) in [6, 6.07) is 43.1. The zero-order chi connectivity index (χ0) is 24.3. The maximum Gasteiger partial charge on any atom is 0.164 e. The molecule has 0 aliphatic rings. The number of benzene rings is 6. The van der Waals surface area contributed by atoms with Crippen molar-refractivity contribution >= 4 is 43.5 Å². The van der Waals surface area contributed by atoms with Crippen LogP contribution in [-0.2, 0) is 0 Å². The first-order chi connectivity index (χ1) is 18.3. The van der Waals surface area contributed by atoms with Gasteiger partial charge in [0.2, 0.25) is 0 Å². The van der Waals surface area contributed by atoms with E-state index in [0.717, 1.165) is 28.2 Å². The van der Waals surface area contributed by atoms with E-state index in [4.69, 9.17) is 4.98 Å². The predicted molar refractivity (Wildman–Crippen MR) is 153 cm³/mol. The van der Waals surface area contributed by atoms with Gasteiger partial charge in [-0.05, 0) is 67.7 Å². The summed E-state index contributed by atoms with van der Waals surface area (Å²) in [5.74, 6) is 0.891. The van der Waals surface area contributed by atoms with E-state index in [1.54, 1.807) is 0 Å². The van der Waals surface area contributed by atoms with Crippen LogP contribution in [0.2, 0.25) is 0 Å². The molecule has 8 rings (SSSR count). The Bertz CT molecular complexity index is 2050. The van der Waals surface area contributed by atoms with Gasteiger partial charge in [-0.25, -0.2) is 9.97 Å². The van der Waals surface area contributed by atoms with Crippen LogP contribution in [0.1, 0.15) is 0 Å². The molecule has 2 aromatic heterocycles. The minimum atomic E-state index is 0.861. The van der Waals surface area contributed by atoms with Crippen LogP contribution in [0.3, 0.4) is 0 Å². The molecule has 0 saturated carbocycles. The fourth-order valence-corrected chi connectivity index (χ4v) is 5.71. The fraction of sp³-hybridized carbons (Fsp3) is 0. The van der Waals surface area contributed by atoms with E-state index in [-0.39, 0.29) is 0 Å². The summed E-state index contributed by atoms with van der Waals surface area (Å²) in [6.07, 6.45) is 1.82. The van der Waals surface area contributed by atoms with Crippen molar-refractivity contribution in [3.05, 3.63) is 128 Å². The number of nitrogens with zero attached hydrogens (tertiary/aromatic N) is 3. The minimum Gasteiger partial charge on any atom is -0.277 e. The van der Waals surface area contributed by atoms with Gasteiger partial charge in [-0.2, -0.15) is 0 Å². The van der Waals surface area contributed by atoms with Gasteiger partial charge in [0.25, 0.3) is 0 Å². The molecule has 3 heteroatoms. The van der Waals surface area contributed by atoms with Gasteiger partial charge in [0.15, 0.2) is 5.65 Å². The summed E-state index contributed by atoms with van der Waals surface area (Å²) < 4.78 is 2.14. The third kappa shape index (κ3) is 3.01. The third-order valence-corrected chi connectivity index (χ3v) is 7.41. The molecule has 0 radical (unpaired) electrons. The van der Waals surface area contributed by atoms with Crippen molar-refractivity contribution in [3.63, 3.8) is 0 Å². The van der Waals surface area contributed by atoms with E-state index in [1.165, 1.54) is 43.4 Å². The number of rotatable bonds is 3. The summed E-state index contributed by atoms with van der Waals surface area (Å²) >= 11 is 0. The first-order valence-electron chi connectivity index (χ1n) is 12.5. The molecule has 172 valence electrons. The molecule has 37 heavy (non-hydrogen) atoms. The molecule has 0 N–H and O–H groups in total. The standard InChI is InChI=1S/C34H21N3/c1-2-8-27(9-3-1)37-33(36-30-10-5-21-35-34(30)37)26-15-11-22(12-16-26)28-19-17-25-14-13-23-6-4-7-24-18-20-29(28)32(25)31(23)24/h1-21H. The Morgan fingerprint density at radius 1 is 0.514 bits per heavy atom. The van der Waals surface area contributed by atoms with Crippen molar-refractivity contribution in [2.75, 3.05) is 0 Å². The number of pyridine rings is 1. The minimum absolute atomic E-state index is 0.861. The number of fused-ring (bicyclic) bond motifs is 1. The zero-order valence-corrected chi connectivity index (χ0v) is 20.0. The summed E-state index contributed by atoms with van der Waals surface area (Å²) in [5.41, 5.74) is 6.30. The molecule has 0 fully saturated rings. The Morgan fingerprint density at radius 3 is 2.03 bits per heavy atom. The second-order valence-electron chi connectivity index (χ2n) is 9.50. The molecule has 0 bridgehead atoms. The first kappa shape index (κ1) is 20.2. The molecular formula is C34H21N3. The normalized spacial score (nSPS) is 11.8. The van der Waals surface area contributed by atoms with Crippen molar-refractivity contribution in [2.45, 2.75) is 0 Å². The van der Waals surface area contributed by atoms with Crippen LogP contribution >= 0.6 is 0 Å². The van der Waals surface area contributed by atoms with Crippen LogP contribution in [0.4, 0.5) is 0 Å². The van der Waals surface area contributed by atoms with Gasteiger partial charge in [0, 0.05) is 17.4 Å². The van der Waals surface area contributed by atoms with Crippen molar-refractivity contribution in [1.82, 2.24) is 14.5 Å². The second-order valence-corrected chi connectivity index (χ2v) is 9.50. The number of para-hydroxylation sites is 1. The van der Waals surface area contributed by atoms with Crippen molar-refractivity contribution in [1.29, 1.82) is 0 Å². The lowest BCUT2D eigenvalue weighted by Gasteiger charge is -2.14. The highest BCUT2D eigenvalue weighted by atomic mass is 15.1. The van der Waals surface area contributed by atoms with Crippen LogP contribution in [-0.4, -0.2) is 14.5 Å². The predicted octanol–water partition coefficient (Wildman–Crippen LogP) is 8.65. The van der Waals surface area contributed by atoms with E-state index in [2.05, 4.69) is 101 Å². The first-order valence-corrected chi connectivity index (χ1v) is 12.5. The monoisotopic (exact) mass is 471 g/mol. The maximum atomic E-state index is 4.97. The third-order valence-electron chi connectivity index (χ3n) is 7.41. The maximum absolute atomic E-state index is 4.97. The molecule has 6 aromatic carbocycles. The van der Waals surface area contributed by atoms with Gasteiger partial charge >= 0.3 is 0 Å². The van der Waals surface area contributed by atoms with Crippen LogP contribution in [0, 0.1) is 0 Å². The van der Waals surface area contributed by atoms with E-state index in [1.807, 2.05) is 36.5 Å². The largest absolute Gasteiger partial charge is 0.277 e. The smallest absolute Gasteiger partial charge is 0.164 e. The lowest BCUT2D eigenvalue weighted by molar-refractivity contribution is 1.08. The molecule has 0 amide bonds. The van der Waals surface area contributed by atoms with Gasteiger partial charge in [-0.3, -0.25) is 4.57 Å². The van der Waals surface area contributed by atoms with E-state index >= 15 is 0 Å². The Hall–Kier alpha value is -5.02. The summed E-state index contributed by atoms with van der Waals surface area (Å²) in [7, 11) is 0. The number of imidazole rings is 1. The quantitative estimate of drug-likeness (QED) is 0.241. The number of aromatic nitrogens is 3. The average Bonchev–Trinajstić information content (AvgIpc) is 3.36. The van der Waals surface area contributed by atoms with Gasteiger partial charge in [-0.1, -0.05) is 97.1 Å². The number of hydrogen-bond donors (Lipinski definition) is 0. The molecule has 0 spiro atoms. The Morgan fingerprint density at radius 2 is 1.22 bits per heavy atom. The molecule has 0 saturated heterocycles. The molecule has 0 aliphatic carbocycles. The Labute approximate surface area is 213 Å². The van der Waals surface area contributed by atoms with Crippen molar-refractivity contribution in [2.24, 2.45) is 0 Å². The second kappa shape index (κ2) is 7.74. The lowest BCUT2D eigenvalue weighted by Crippen LogP contribution is -1.98. The van der Waals surface area contributed by atoms with Gasteiger partial charge in [-0.15, -0.1) is 0 Å². The molecule has 0 aliphatic heterocycles. The average molecular weight is 472 g/mol. The molecule has 0 atom stereocenters. The fourth-order valence-electron chi connectivity index (χ4n) is 5.71. The Balaban J connectivity index is 1.30. The zero-order valence-electron chi connectivity index (χ0n) is 20.0. The lowest BCUT2D eigenvalue weighted by atomic mass is 9.90. The molecule has 3 nitrogen and oxygen atoms in total. The molecule has 2 heterocycles. The number of hydrogen-bond acceptors (Lipinski definition) is 2. The topological polar surface area (TPSA) is 30.7 Å². The SMILES string of the molecule is c1ccc(-n2c(-c3ccc(-c4ccc5ccc6cccc7ccc4c5c67)cc3)nc3cccnc32)cc1. The van der Waals surface area contributed by atoms with E-state index in [0.29, 0.717) is 0 Å². The van der Waals surface area contributed by atoms with Crippen LogP contribution in [0.15, 0.2) is 128 Å². The van der Waals surface area contributed by atoms with E-state index < -0.39 is 0 Å². The van der Waals surface area contributed by atoms with Crippen LogP contribution < -0.4 is 0 Å². The highest BCUT2D eigenvalue weighted by Crippen LogP contribution is 2.39. The highest BCUT2D eigenvalue weighted by Gasteiger charge is 2.16. The summed E-state index contributed by atoms with van der Waals surface area (Å²) in [5, 5.41) is 7.83. The van der Waals surface area contributed by atoms with Gasteiger partial charge in [0.1, 0.15) is 11.3 Å². The summed E-state index contributed by atoms with van der Waals surface area (Å²) in [4.78, 5) is 9.61. The molecule has 0 unspecified atom stereocenters. The van der Waals surface area contributed by atoms with E-state index in [9.17, 15) is 0 Å². The van der Waals surface area contributed by atoms with Gasteiger partial charge < -0.3 is 0 Å². The van der Waals surface area contributed by atoms with Crippen LogP contribution in [0.25, 0.3) is 71.7 Å². The summed E-state index contributed by atoms with van der Waals surface area (Å²) in [6.45, 7) is 0. The molecule has 8 aromatic rings. The molecular weight excluding hydrogens is 450 g/mol. The van der Waals surface area contributed by atoms with Crippen molar-refractivity contribution in [3.8, 4) is 28.2 Å². The van der Waals surface area contributed by atoms with Gasteiger partial charge in [0.05, 0.1) is 0 Å². The highest BCUT2D eigenvalue weighted by molar-refractivity contribution is 6.25. The van der Waals surface area contributed by atoms with Crippen molar-refractivity contribution < 1.29 is 0 Å². The Kier molecular flexibility index (Phi) is 4.23.